The van der Waals surface area contributed by atoms with Gasteiger partial charge in [-0.2, -0.15) is 0 Å². The Hall–Kier alpha value is -0.520. The van der Waals surface area contributed by atoms with Gasteiger partial charge >= 0.3 is 0 Å². The van der Waals surface area contributed by atoms with Crippen LogP contribution in [-0.4, -0.2) is 54.6 Å². The molecule has 1 heterocycles. The number of para-hydroxylation sites is 1. The van der Waals surface area contributed by atoms with Gasteiger partial charge in [0.2, 0.25) is 0 Å². The van der Waals surface area contributed by atoms with Crippen LogP contribution < -0.4 is 4.74 Å². The fraction of sp³-hybridized carbons (Fsp3) is 0.600. The van der Waals surface area contributed by atoms with Crippen molar-refractivity contribution in [2.45, 2.75) is 32.1 Å². The lowest BCUT2D eigenvalue weighted by molar-refractivity contribution is -0.0650. The summed E-state index contributed by atoms with van der Waals surface area (Å²) in [5.74, 6) is 0.420. The highest BCUT2D eigenvalue weighted by atomic mass is 35.5. The van der Waals surface area contributed by atoms with Gasteiger partial charge in [0, 0.05) is 19.1 Å². The van der Waals surface area contributed by atoms with Crippen LogP contribution >= 0.6 is 23.2 Å². The summed E-state index contributed by atoms with van der Waals surface area (Å²) in [6, 6.07) is 5.46. The molecule has 3 atom stereocenters. The minimum Gasteiger partial charge on any atom is -0.488 e. The van der Waals surface area contributed by atoms with E-state index in [1.165, 1.54) is 0 Å². The zero-order valence-corrected chi connectivity index (χ0v) is 13.8. The smallest absolute Gasteiger partial charge is 0.156 e. The fourth-order valence-corrected chi connectivity index (χ4v) is 2.86. The topological polar surface area (TPSA) is 41.9 Å². The molecule has 0 spiro atoms. The predicted molar refractivity (Wildman–Crippen MR) is 84.4 cm³/mol. The molecule has 0 aliphatic carbocycles. The molecule has 1 saturated heterocycles. The molecule has 1 fully saturated rings. The SMILES string of the molecule is CC1CN(CC(O)COc2c(Cl)cccc2Cl)C(C)CO1. The number of aliphatic hydroxyl groups excluding tert-OH is 1. The van der Waals surface area contributed by atoms with Gasteiger partial charge in [0.1, 0.15) is 12.7 Å². The molecule has 1 N–H and O–H groups in total. The van der Waals surface area contributed by atoms with E-state index in [0.29, 0.717) is 35.0 Å². The van der Waals surface area contributed by atoms with Crippen molar-refractivity contribution in [1.82, 2.24) is 4.90 Å². The molecule has 3 unspecified atom stereocenters. The van der Waals surface area contributed by atoms with Gasteiger partial charge < -0.3 is 14.6 Å². The molecule has 0 saturated carbocycles. The molecule has 4 nitrogen and oxygen atoms in total. The van der Waals surface area contributed by atoms with Crippen LogP contribution in [0.2, 0.25) is 10.0 Å². The minimum absolute atomic E-state index is 0.155. The minimum atomic E-state index is -0.606. The zero-order valence-electron chi connectivity index (χ0n) is 12.3. The quantitative estimate of drug-likeness (QED) is 0.899. The summed E-state index contributed by atoms with van der Waals surface area (Å²) in [6.45, 7) is 6.31. The lowest BCUT2D eigenvalue weighted by Gasteiger charge is -2.37. The highest BCUT2D eigenvalue weighted by Crippen LogP contribution is 2.32. The van der Waals surface area contributed by atoms with Gasteiger partial charge in [-0.1, -0.05) is 29.3 Å². The van der Waals surface area contributed by atoms with Gasteiger partial charge in [0.15, 0.2) is 5.75 Å². The second-order valence-electron chi connectivity index (χ2n) is 5.46. The first-order chi connectivity index (χ1) is 9.97. The molecule has 0 amide bonds. The number of aliphatic hydroxyl groups is 1. The molecule has 1 aromatic carbocycles. The van der Waals surface area contributed by atoms with Crippen molar-refractivity contribution in [3.63, 3.8) is 0 Å². The molecular weight excluding hydrogens is 313 g/mol. The Morgan fingerprint density at radius 2 is 2.05 bits per heavy atom. The second kappa shape index (κ2) is 7.65. The van der Waals surface area contributed by atoms with Gasteiger partial charge in [0.25, 0.3) is 0 Å². The lowest BCUT2D eigenvalue weighted by atomic mass is 10.2. The van der Waals surface area contributed by atoms with Crippen LogP contribution in [0.4, 0.5) is 0 Å². The van der Waals surface area contributed by atoms with Crippen LogP contribution in [0.5, 0.6) is 5.75 Å². The first kappa shape index (κ1) is 16.8. The van der Waals surface area contributed by atoms with Crippen molar-refractivity contribution in [2.24, 2.45) is 0 Å². The molecule has 118 valence electrons. The number of β-amino-alcohol motifs (C(OH)–C–C–N with tert-alkyl or cyclic N) is 1. The summed E-state index contributed by atoms with van der Waals surface area (Å²) in [4.78, 5) is 2.20. The Kier molecular flexibility index (Phi) is 6.14. The number of hydrogen-bond acceptors (Lipinski definition) is 4. The number of halogens is 2. The van der Waals surface area contributed by atoms with Gasteiger partial charge in [-0.05, 0) is 26.0 Å². The summed E-state index contributed by atoms with van der Waals surface area (Å²) in [5, 5.41) is 11.0. The van der Waals surface area contributed by atoms with E-state index in [0.717, 1.165) is 6.54 Å². The van der Waals surface area contributed by atoms with Crippen LogP contribution in [0.3, 0.4) is 0 Å². The molecule has 0 bridgehead atoms. The van der Waals surface area contributed by atoms with Crippen LogP contribution in [0.15, 0.2) is 18.2 Å². The molecule has 0 aromatic heterocycles. The third kappa shape index (κ3) is 4.73. The van der Waals surface area contributed by atoms with Crippen LogP contribution in [-0.2, 0) is 4.74 Å². The third-order valence-electron chi connectivity index (χ3n) is 3.52. The summed E-state index contributed by atoms with van der Waals surface area (Å²) in [7, 11) is 0. The summed E-state index contributed by atoms with van der Waals surface area (Å²) >= 11 is 12.1. The number of morpholine rings is 1. The van der Waals surface area contributed by atoms with Crippen molar-refractivity contribution in [2.75, 3.05) is 26.3 Å². The van der Waals surface area contributed by atoms with Crippen LogP contribution in [0.25, 0.3) is 0 Å². The number of rotatable bonds is 5. The van der Waals surface area contributed by atoms with Crippen molar-refractivity contribution < 1.29 is 14.6 Å². The summed E-state index contributed by atoms with van der Waals surface area (Å²) in [5.41, 5.74) is 0. The van der Waals surface area contributed by atoms with Gasteiger partial charge in [0.05, 0.1) is 22.8 Å². The Bertz CT molecular complexity index is 452. The Labute approximate surface area is 135 Å². The van der Waals surface area contributed by atoms with E-state index < -0.39 is 6.10 Å². The van der Waals surface area contributed by atoms with E-state index in [1.54, 1.807) is 18.2 Å². The van der Waals surface area contributed by atoms with Gasteiger partial charge in [-0.15, -0.1) is 0 Å². The monoisotopic (exact) mass is 333 g/mol. The number of benzene rings is 1. The van der Waals surface area contributed by atoms with E-state index >= 15 is 0 Å². The molecule has 0 radical (unpaired) electrons. The van der Waals surface area contributed by atoms with E-state index in [2.05, 4.69) is 11.8 Å². The third-order valence-corrected chi connectivity index (χ3v) is 4.12. The Balaban J connectivity index is 1.86. The predicted octanol–water partition coefficient (Wildman–Crippen LogP) is 2.84. The highest BCUT2D eigenvalue weighted by molar-refractivity contribution is 6.37. The Morgan fingerprint density at radius 3 is 2.71 bits per heavy atom. The van der Waals surface area contributed by atoms with Crippen molar-refractivity contribution >= 4 is 23.2 Å². The van der Waals surface area contributed by atoms with E-state index in [-0.39, 0.29) is 12.7 Å². The second-order valence-corrected chi connectivity index (χ2v) is 6.28. The van der Waals surface area contributed by atoms with Crippen LogP contribution in [0.1, 0.15) is 13.8 Å². The summed E-state index contributed by atoms with van der Waals surface area (Å²) in [6.07, 6.45) is -0.419. The van der Waals surface area contributed by atoms with Crippen molar-refractivity contribution in [1.29, 1.82) is 0 Å². The average Bonchev–Trinajstić information content (AvgIpc) is 2.42. The van der Waals surface area contributed by atoms with E-state index in [1.807, 2.05) is 6.92 Å². The van der Waals surface area contributed by atoms with Crippen molar-refractivity contribution in [3.8, 4) is 5.75 Å². The maximum Gasteiger partial charge on any atom is 0.156 e. The maximum absolute atomic E-state index is 10.2. The average molecular weight is 334 g/mol. The molecule has 21 heavy (non-hydrogen) atoms. The number of nitrogens with zero attached hydrogens (tertiary/aromatic N) is 1. The Morgan fingerprint density at radius 1 is 1.38 bits per heavy atom. The molecule has 1 aromatic rings. The standard InChI is InChI=1S/C15H21Cl2NO3/c1-10-8-20-11(2)6-18(10)7-12(19)9-21-15-13(16)4-3-5-14(15)17/h3-5,10-12,19H,6-9H2,1-2H3. The lowest BCUT2D eigenvalue weighted by Crippen LogP contribution is -2.50. The molecule has 2 rings (SSSR count). The van der Waals surface area contributed by atoms with E-state index in [9.17, 15) is 5.11 Å². The van der Waals surface area contributed by atoms with Crippen LogP contribution in [0, 0.1) is 0 Å². The maximum atomic E-state index is 10.2. The zero-order chi connectivity index (χ0) is 15.4. The molecular formula is C15H21Cl2NO3. The fourth-order valence-electron chi connectivity index (χ4n) is 2.35. The van der Waals surface area contributed by atoms with Crippen molar-refractivity contribution in [3.05, 3.63) is 28.2 Å². The number of ether oxygens (including phenoxy) is 2. The largest absolute Gasteiger partial charge is 0.488 e. The molecule has 1 aliphatic heterocycles. The normalized spacial score (nSPS) is 24.8. The van der Waals surface area contributed by atoms with Gasteiger partial charge in [-0.3, -0.25) is 4.90 Å². The summed E-state index contributed by atoms with van der Waals surface area (Å²) < 4.78 is 11.1. The first-order valence-electron chi connectivity index (χ1n) is 7.08. The highest BCUT2D eigenvalue weighted by Gasteiger charge is 2.25. The molecule has 1 aliphatic rings. The van der Waals surface area contributed by atoms with E-state index in [4.69, 9.17) is 32.7 Å². The number of hydrogen-bond donors (Lipinski definition) is 1. The van der Waals surface area contributed by atoms with Gasteiger partial charge in [-0.25, -0.2) is 0 Å². The molecule has 6 heteroatoms. The first-order valence-corrected chi connectivity index (χ1v) is 7.83.